The summed E-state index contributed by atoms with van der Waals surface area (Å²) in [5.74, 6) is -0.682. The van der Waals surface area contributed by atoms with Gasteiger partial charge in [0.2, 0.25) is 0 Å². The Morgan fingerprint density at radius 1 is 1.39 bits per heavy atom. The molecule has 0 radical (unpaired) electrons. The van der Waals surface area contributed by atoms with Gasteiger partial charge in [0.05, 0.1) is 6.20 Å². The summed E-state index contributed by atoms with van der Waals surface area (Å²) in [5.41, 5.74) is 2.31. The monoisotopic (exact) mass is 246 g/mol. The highest BCUT2D eigenvalue weighted by Gasteiger charge is 2.11. The van der Waals surface area contributed by atoms with Gasteiger partial charge in [0, 0.05) is 12.1 Å². The highest BCUT2D eigenvalue weighted by molar-refractivity contribution is 5.67. The van der Waals surface area contributed by atoms with Crippen LogP contribution in [0.1, 0.15) is 17.7 Å². The third kappa shape index (κ3) is 2.34. The van der Waals surface area contributed by atoms with Crippen molar-refractivity contribution in [2.24, 2.45) is 0 Å². The fraction of sp³-hybridized carbons (Fsp3) is 0.231. The van der Waals surface area contributed by atoms with Gasteiger partial charge in [-0.1, -0.05) is 12.1 Å². The maximum atomic E-state index is 10.5. The SMILES string of the molecule is Cc1c(CCC(=O)O)cnn1-c1ccccc1O. The standard InChI is InChI=1S/C13H14N2O3/c1-9-10(6-7-13(17)18)8-14-15(9)11-4-2-3-5-12(11)16/h2-5,8,16H,6-7H2,1H3,(H,17,18). The Labute approximate surface area is 104 Å². The molecule has 2 aromatic rings. The molecular weight excluding hydrogens is 232 g/mol. The zero-order chi connectivity index (χ0) is 13.1. The number of hydrogen-bond donors (Lipinski definition) is 2. The van der Waals surface area contributed by atoms with Crippen molar-refractivity contribution in [2.45, 2.75) is 19.8 Å². The number of nitrogens with zero attached hydrogens (tertiary/aromatic N) is 2. The average Bonchev–Trinajstić information content (AvgIpc) is 2.69. The van der Waals surface area contributed by atoms with Crippen LogP contribution in [0.5, 0.6) is 5.75 Å². The molecule has 2 N–H and O–H groups in total. The molecule has 0 amide bonds. The van der Waals surface area contributed by atoms with E-state index in [1.807, 2.05) is 13.0 Å². The predicted molar refractivity (Wildman–Crippen MR) is 65.9 cm³/mol. The van der Waals surface area contributed by atoms with Gasteiger partial charge in [-0.3, -0.25) is 4.79 Å². The second-order valence-electron chi connectivity index (χ2n) is 4.05. The summed E-state index contributed by atoms with van der Waals surface area (Å²) in [6, 6.07) is 6.90. The van der Waals surface area contributed by atoms with Gasteiger partial charge in [-0.05, 0) is 31.0 Å². The molecule has 1 heterocycles. The van der Waals surface area contributed by atoms with Crippen LogP contribution in [-0.4, -0.2) is 26.0 Å². The first-order valence-electron chi connectivity index (χ1n) is 5.63. The predicted octanol–water partition coefficient (Wildman–Crippen LogP) is 1.90. The van der Waals surface area contributed by atoms with Gasteiger partial charge in [0.1, 0.15) is 11.4 Å². The number of aromatic hydroxyl groups is 1. The number of carboxylic acids is 1. The van der Waals surface area contributed by atoms with Crippen LogP contribution in [0.25, 0.3) is 5.69 Å². The average molecular weight is 246 g/mol. The summed E-state index contributed by atoms with van der Waals surface area (Å²) in [7, 11) is 0. The molecule has 2 rings (SSSR count). The number of phenolic OH excluding ortho intramolecular Hbond substituents is 1. The Kier molecular flexibility index (Phi) is 3.32. The molecule has 0 bridgehead atoms. The van der Waals surface area contributed by atoms with Crippen molar-refractivity contribution in [1.29, 1.82) is 0 Å². The van der Waals surface area contributed by atoms with Crippen LogP contribution in [0.2, 0.25) is 0 Å². The normalized spacial score (nSPS) is 10.5. The minimum absolute atomic E-state index is 0.0767. The number of rotatable bonds is 4. The Morgan fingerprint density at radius 3 is 2.78 bits per heavy atom. The molecule has 0 saturated heterocycles. The number of benzene rings is 1. The topological polar surface area (TPSA) is 75.3 Å². The molecule has 0 aliphatic rings. The number of carboxylic acid groups (broad SMARTS) is 1. The largest absolute Gasteiger partial charge is 0.506 e. The lowest BCUT2D eigenvalue weighted by molar-refractivity contribution is -0.136. The molecule has 1 aromatic carbocycles. The molecule has 18 heavy (non-hydrogen) atoms. The van der Waals surface area contributed by atoms with E-state index >= 15 is 0 Å². The zero-order valence-electron chi connectivity index (χ0n) is 10.00. The quantitative estimate of drug-likeness (QED) is 0.864. The minimum atomic E-state index is -0.829. The first-order valence-corrected chi connectivity index (χ1v) is 5.63. The van der Waals surface area contributed by atoms with Crippen molar-refractivity contribution < 1.29 is 15.0 Å². The number of hydrogen-bond acceptors (Lipinski definition) is 3. The minimum Gasteiger partial charge on any atom is -0.506 e. The van der Waals surface area contributed by atoms with E-state index in [9.17, 15) is 9.90 Å². The lowest BCUT2D eigenvalue weighted by Gasteiger charge is -2.07. The molecule has 0 saturated carbocycles. The fourth-order valence-electron chi connectivity index (χ4n) is 1.82. The lowest BCUT2D eigenvalue weighted by atomic mass is 10.1. The summed E-state index contributed by atoms with van der Waals surface area (Å²) in [6.07, 6.45) is 2.16. The summed E-state index contributed by atoms with van der Waals surface area (Å²) < 4.78 is 1.62. The molecular formula is C13H14N2O3. The smallest absolute Gasteiger partial charge is 0.303 e. The van der Waals surface area contributed by atoms with Gasteiger partial charge in [-0.2, -0.15) is 5.10 Å². The molecule has 0 atom stereocenters. The first-order chi connectivity index (χ1) is 8.59. The lowest BCUT2D eigenvalue weighted by Crippen LogP contribution is -2.01. The molecule has 0 spiro atoms. The van der Waals surface area contributed by atoms with Crippen LogP contribution in [0.4, 0.5) is 0 Å². The summed E-state index contributed by atoms with van der Waals surface area (Å²) >= 11 is 0. The van der Waals surface area contributed by atoms with Crippen LogP contribution >= 0.6 is 0 Å². The van der Waals surface area contributed by atoms with E-state index in [0.717, 1.165) is 11.3 Å². The Balaban J connectivity index is 2.31. The summed E-state index contributed by atoms with van der Waals surface area (Å²) in [5, 5.41) is 22.6. The van der Waals surface area contributed by atoms with E-state index in [4.69, 9.17) is 5.11 Å². The first kappa shape index (κ1) is 12.2. The highest BCUT2D eigenvalue weighted by Crippen LogP contribution is 2.23. The van der Waals surface area contributed by atoms with E-state index in [1.165, 1.54) is 0 Å². The van der Waals surface area contributed by atoms with Gasteiger partial charge in [0.25, 0.3) is 0 Å². The van der Waals surface area contributed by atoms with Gasteiger partial charge < -0.3 is 10.2 Å². The van der Waals surface area contributed by atoms with Crippen LogP contribution in [0, 0.1) is 6.92 Å². The molecule has 94 valence electrons. The number of phenols is 1. The highest BCUT2D eigenvalue weighted by atomic mass is 16.4. The second kappa shape index (κ2) is 4.91. The van der Waals surface area contributed by atoms with Gasteiger partial charge in [-0.25, -0.2) is 4.68 Å². The molecule has 0 aliphatic heterocycles. The van der Waals surface area contributed by atoms with Crippen LogP contribution < -0.4 is 0 Å². The van der Waals surface area contributed by atoms with Crippen molar-refractivity contribution in [3.8, 4) is 11.4 Å². The van der Waals surface area contributed by atoms with Crippen LogP contribution in [0.15, 0.2) is 30.5 Å². The number of aryl methyl sites for hydroxylation is 1. The van der Waals surface area contributed by atoms with Crippen molar-refractivity contribution in [2.75, 3.05) is 0 Å². The molecule has 5 heteroatoms. The third-order valence-corrected chi connectivity index (χ3v) is 2.83. The summed E-state index contributed by atoms with van der Waals surface area (Å²) in [4.78, 5) is 10.5. The third-order valence-electron chi connectivity index (χ3n) is 2.83. The van der Waals surface area contributed by atoms with Crippen LogP contribution in [-0.2, 0) is 11.2 Å². The molecule has 0 unspecified atom stereocenters. The Morgan fingerprint density at radius 2 is 2.11 bits per heavy atom. The summed E-state index contributed by atoms with van der Waals surface area (Å²) in [6.45, 7) is 1.86. The number of carbonyl (C=O) groups is 1. The van der Waals surface area contributed by atoms with Crippen molar-refractivity contribution >= 4 is 5.97 Å². The zero-order valence-corrected chi connectivity index (χ0v) is 10.00. The Bertz CT molecular complexity index is 575. The van der Waals surface area contributed by atoms with Gasteiger partial charge >= 0.3 is 5.97 Å². The molecule has 5 nitrogen and oxygen atoms in total. The van der Waals surface area contributed by atoms with E-state index in [1.54, 1.807) is 29.1 Å². The van der Waals surface area contributed by atoms with Gasteiger partial charge in [0.15, 0.2) is 0 Å². The van der Waals surface area contributed by atoms with E-state index < -0.39 is 5.97 Å². The molecule has 0 aliphatic carbocycles. The number of aliphatic carboxylic acids is 1. The van der Waals surface area contributed by atoms with Gasteiger partial charge in [-0.15, -0.1) is 0 Å². The maximum Gasteiger partial charge on any atom is 0.303 e. The van der Waals surface area contributed by atoms with E-state index in [0.29, 0.717) is 12.1 Å². The van der Waals surface area contributed by atoms with Crippen molar-refractivity contribution in [3.05, 3.63) is 41.7 Å². The molecule has 0 fully saturated rings. The molecule has 1 aromatic heterocycles. The number of para-hydroxylation sites is 2. The fourth-order valence-corrected chi connectivity index (χ4v) is 1.82. The van der Waals surface area contributed by atoms with E-state index in [-0.39, 0.29) is 12.2 Å². The van der Waals surface area contributed by atoms with Crippen LogP contribution in [0.3, 0.4) is 0 Å². The van der Waals surface area contributed by atoms with Crippen molar-refractivity contribution in [1.82, 2.24) is 9.78 Å². The number of aromatic nitrogens is 2. The Hall–Kier alpha value is -2.30. The second-order valence-corrected chi connectivity index (χ2v) is 4.05. The maximum absolute atomic E-state index is 10.5. The van der Waals surface area contributed by atoms with Crippen molar-refractivity contribution in [3.63, 3.8) is 0 Å². The van der Waals surface area contributed by atoms with E-state index in [2.05, 4.69) is 5.10 Å².